The van der Waals surface area contributed by atoms with Crippen molar-refractivity contribution in [3.8, 4) is 0 Å². The Bertz CT molecular complexity index is 1150. The Balaban J connectivity index is 1.47. The minimum Gasteiger partial charge on any atom is -0.480 e. The number of carboxylic acid groups (broad SMARTS) is 1. The first-order valence-corrected chi connectivity index (χ1v) is 10.7. The average Bonchev–Trinajstić information content (AvgIpc) is 2.79. The Morgan fingerprint density at radius 3 is 2.26 bits per heavy atom. The van der Waals surface area contributed by atoms with Gasteiger partial charge in [-0.05, 0) is 53.1 Å². The number of hydrogen-bond acceptors (Lipinski definition) is 4. The third kappa shape index (κ3) is 7.90. The highest BCUT2D eigenvalue weighted by molar-refractivity contribution is 6.30. The van der Waals surface area contributed by atoms with E-state index < -0.39 is 18.1 Å². The Morgan fingerprint density at radius 1 is 0.941 bits per heavy atom. The second-order valence-corrected chi connectivity index (χ2v) is 7.93. The van der Waals surface area contributed by atoms with E-state index >= 15 is 0 Å². The molecule has 0 fully saturated rings. The van der Waals surface area contributed by atoms with Crippen LogP contribution in [0.3, 0.4) is 0 Å². The van der Waals surface area contributed by atoms with Crippen LogP contribution in [0.2, 0.25) is 5.02 Å². The molecular weight excluding hydrogens is 463 g/mol. The van der Waals surface area contributed by atoms with E-state index in [0.29, 0.717) is 27.4 Å². The van der Waals surface area contributed by atoms with Crippen LogP contribution in [0.25, 0.3) is 0 Å². The van der Waals surface area contributed by atoms with Crippen molar-refractivity contribution in [1.82, 2.24) is 5.32 Å². The standard InChI is InChI=1S/C25H22ClFN2O5/c26-19-3-1-2-18(12-19)13-22(24(31)32)29-25(33)34-15-17-6-10-21(11-7-17)28-23(30)14-16-4-8-20(27)9-5-16/h1-12,22H,13-15H2,(H,28,30)(H,29,33)(H,31,32)/t22-/m0/s1. The fourth-order valence-electron chi connectivity index (χ4n) is 3.11. The molecule has 0 bridgehead atoms. The zero-order valence-corrected chi connectivity index (χ0v) is 18.7. The molecule has 3 aromatic carbocycles. The molecule has 0 unspecified atom stereocenters. The van der Waals surface area contributed by atoms with Crippen molar-refractivity contribution in [2.75, 3.05) is 5.32 Å². The first-order chi connectivity index (χ1) is 16.3. The molecule has 3 N–H and O–H groups in total. The number of anilines is 1. The Hall–Kier alpha value is -3.91. The maximum Gasteiger partial charge on any atom is 0.408 e. The van der Waals surface area contributed by atoms with Crippen molar-refractivity contribution in [3.63, 3.8) is 0 Å². The molecule has 9 heteroatoms. The number of aliphatic carboxylic acids is 1. The molecule has 0 aliphatic heterocycles. The third-order valence-corrected chi connectivity index (χ3v) is 5.04. The van der Waals surface area contributed by atoms with Crippen molar-refractivity contribution in [1.29, 1.82) is 0 Å². The summed E-state index contributed by atoms with van der Waals surface area (Å²) in [6.45, 7) is -0.0842. The Labute approximate surface area is 200 Å². The van der Waals surface area contributed by atoms with Crippen LogP contribution in [0, 0.1) is 5.82 Å². The molecule has 0 aromatic heterocycles. The van der Waals surface area contributed by atoms with Gasteiger partial charge in [0.1, 0.15) is 18.5 Å². The first-order valence-electron chi connectivity index (χ1n) is 10.3. The number of benzene rings is 3. The number of nitrogens with one attached hydrogen (secondary N) is 2. The second kappa shape index (κ2) is 11.8. The highest BCUT2D eigenvalue weighted by atomic mass is 35.5. The number of carbonyl (C=O) groups is 3. The van der Waals surface area contributed by atoms with Gasteiger partial charge < -0.3 is 20.5 Å². The molecule has 0 radical (unpaired) electrons. The minimum atomic E-state index is -1.20. The molecule has 3 aromatic rings. The Kier molecular flexibility index (Phi) is 8.59. The van der Waals surface area contributed by atoms with Crippen LogP contribution in [0.5, 0.6) is 0 Å². The van der Waals surface area contributed by atoms with E-state index in [1.807, 2.05) is 0 Å². The van der Waals surface area contributed by atoms with Gasteiger partial charge in [-0.1, -0.05) is 48.0 Å². The summed E-state index contributed by atoms with van der Waals surface area (Å²) in [5.41, 5.74) is 2.54. The van der Waals surface area contributed by atoms with Crippen molar-refractivity contribution >= 4 is 35.3 Å². The second-order valence-electron chi connectivity index (χ2n) is 7.49. The van der Waals surface area contributed by atoms with E-state index in [1.165, 1.54) is 12.1 Å². The normalized spacial score (nSPS) is 11.4. The Morgan fingerprint density at radius 2 is 1.62 bits per heavy atom. The smallest absolute Gasteiger partial charge is 0.408 e. The van der Waals surface area contributed by atoms with Gasteiger partial charge in [0.25, 0.3) is 0 Å². The molecule has 34 heavy (non-hydrogen) atoms. The predicted molar refractivity (Wildman–Crippen MR) is 125 cm³/mol. The number of carboxylic acids is 1. The molecule has 0 spiro atoms. The molecule has 7 nitrogen and oxygen atoms in total. The summed E-state index contributed by atoms with van der Waals surface area (Å²) in [6.07, 6.45) is -0.714. The number of halogens is 2. The predicted octanol–water partition coefficient (Wildman–Crippen LogP) is 4.58. The number of amides is 2. The summed E-state index contributed by atoms with van der Waals surface area (Å²) in [5, 5.41) is 14.9. The maximum absolute atomic E-state index is 13.0. The van der Waals surface area contributed by atoms with Crippen molar-refractivity contribution in [3.05, 3.63) is 100 Å². The molecule has 0 aliphatic carbocycles. The van der Waals surface area contributed by atoms with Crippen LogP contribution in [0.15, 0.2) is 72.8 Å². The molecule has 0 saturated heterocycles. The summed E-state index contributed by atoms with van der Waals surface area (Å²) in [5.74, 6) is -1.82. The average molecular weight is 485 g/mol. The van der Waals surface area contributed by atoms with Gasteiger partial charge >= 0.3 is 12.1 Å². The van der Waals surface area contributed by atoms with Crippen molar-refractivity contribution in [2.24, 2.45) is 0 Å². The van der Waals surface area contributed by atoms with E-state index in [2.05, 4.69) is 10.6 Å². The topological polar surface area (TPSA) is 105 Å². The summed E-state index contributed by atoms with van der Waals surface area (Å²) in [4.78, 5) is 35.7. The van der Waals surface area contributed by atoms with Gasteiger partial charge in [0.2, 0.25) is 5.91 Å². The molecule has 3 rings (SSSR count). The maximum atomic E-state index is 13.0. The van der Waals surface area contributed by atoms with Crippen LogP contribution in [-0.2, 0) is 33.8 Å². The van der Waals surface area contributed by atoms with E-state index in [-0.39, 0.29) is 31.2 Å². The molecule has 2 amide bonds. The fourth-order valence-corrected chi connectivity index (χ4v) is 3.32. The molecular formula is C25H22ClFN2O5. The van der Waals surface area contributed by atoms with Crippen LogP contribution in [-0.4, -0.2) is 29.1 Å². The quantitative estimate of drug-likeness (QED) is 0.412. The van der Waals surface area contributed by atoms with Crippen LogP contribution >= 0.6 is 11.6 Å². The fraction of sp³-hybridized carbons (Fsp3) is 0.160. The van der Waals surface area contributed by atoms with Crippen LogP contribution in [0.1, 0.15) is 16.7 Å². The lowest BCUT2D eigenvalue weighted by Gasteiger charge is -2.15. The van der Waals surface area contributed by atoms with Crippen molar-refractivity contribution in [2.45, 2.75) is 25.5 Å². The number of rotatable bonds is 9. The van der Waals surface area contributed by atoms with Crippen LogP contribution < -0.4 is 10.6 Å². The van der Waals surface area contributed by atoms with Gasteiger partial charge in [-0.3, -0.25) is 4.79 Å². The number of hydrogen-bond donors (Lipinski definition) is 3. The zero-order valence-electron chi connectivity index (χ0n) is 18.0. The molecule has 176 valence electrons. The third-order valence-electron chi connectivity index (χ3n) is 4.80. The molecule has 1 atom stereocenters. The largest absolute Gasteiger partial charge is 0.480 e. The minimum absolute atomic E-state index is 0.0529. The lowest BCUT2D eigenvalue weighted by Crippen LogP contribution is -2.42. The van der Waals surface area contributed by atoms with Crippen molar-refractivity contribution < 1.29 is 28.6 Å². The number of ether oxygens (including phenoxy) is 1. The SMILES string of the molecule is O=C(Cc1ccc(F)cc1)Nc1ccc(COC(=O)N[C@@H](Cc2cccc(Cl)c2)C(=O)O)cc1. The first kappa shape index (κ1) is 24.7. The highest BCUT2D eigenvalue weighted by Gasteiger charge is 2.21. The number of alkyl carbamates (subject to hydrolysis) is 1. The van der Waals surface area contributed by atoms with E-state index in [0.717, 1.165) is 0 Å². The number of carbonyl (C=O) groups excluding carboxylic acids is 2. The lowest BCUT2D eigenvalue weighted by molar-refractivity contribution is -0.139. The van der Waals surface area contributed by atoms with Gasteiger partial charge in [-0.15, -0.1) is 0 Å². The van der Waals surface area contributed by atoms with Gasteiger partial charge in [-0.25, -0.2) is 14.0 Å². The zero-order chi connectivity index (χ0) is 24.5. The van der Waals surface area contributed by atoms with E-state index in [4.69, 9.17) is 16.3 Å². The monoisotopic (exact) mass is 484 g/mol. The van der Waals surface area contributed by atoms with Crippen LogP contribution in [0.4, 0.5) is 14.9 Å². The van der Waals surface area contributed by atoms with E-state index in [1.54, 1.807) is 60.7 Å². The molecule has 0 heterocycles. The lowest BCUT2D eigenvalue weighted by atomic mass is 10.1. The summed E-state index contributed by atoms with van der Waals surface area (Å²) < 4.78 is 18.1. The van der Waals surface area contributed by atoms with Gasteiger partial charge in [0.05, 0.1) is 6.42 Å². The summed E-state index contributed by atoms with van der Waals surface area (Å²) in [6, 6.07) is 17.9. The highest BCUT2D eigenvalue weighted by Crippen LogP contribution is 2.14. The van der Waals surface area contributed by atoms with Gasteiger partial charge in [0, 0.05) is 17.1 Å². The summed E-state index contributed by atoms with van der Waals surface area (Å²) in [7, 11) is 0. The molecule has 0 aliphatic rings. The van der Waals surface area contributed by atoms with Gasteiger partial charge in [0.15, 0.2) is 0 Å². The molecule has 0 saturated carbocycles. The van der Waals surface area contributed by atoms with Gasteiger partial charge in [-0.2, -0.15) is 0 Å². The summed E-state index contributed by atoms with van der Waals surface area (Å²) >= 11 is 5.92. The van der Waals surface area contributed by atoms with E-state index in [9.17, 15) is 23.9 Å².